The van der Waals surface area contributed by atoms with Crippen molar-refractivity contribution in [1.29, 1.82) is 0 Å². The number of carbonyl (C=O) groups is 1. The first-order valence-electron chi connectivity index (χ1n) is 11.7. The third-order valence-corrected chi connectivity index (χ3v) is 6.61. The third-order valence-electron chi connectivity index (χ3n) is 6.61. The molecule has 0 unspecified atom stereocenters. The number of carbonyl (C=O) groups excluding carboxylic acids is 1. The number of rotatable bonds is 5. The molecule has 0 aliphatic heterocycles. The molecule has 0 radical (unpaired) electrons. The SMILES string of the molecule is C=C(C)OC(=O)NC1(c2ccc(-c3nc4c(C)cc(C)cn4c3-c3ccccc3)cc2)CCC1. The van der Waals surface area contributed by atoms with E-state index in [1.807, 2.05) is 6.07 Å². The molecular formula is C29H29N3O2. The third kappa shape index (κ3) is 3.87. The lowest BCUT2D eigenvalue weighted by Gasteiger charge is -2.42. The molecule has 5 rings (SSSR count). The van der Waals surface area contributed by atoms with E-state index in [2.05, 4.69) is 90.9 Å². The highest BCUT2D eigenvalue weighted by molar-refractivity contribution is 5.83. The van der Waals surface area contributed by atoms with Crippen LogP contribution in [0.1, 0.15) is 42.9 Å². The fraction of sp³-hybridized carbons (Fsp3) is 0.241. The van der Waals surface area contributed by atoms with Crippen LogP contribution in [0.4, 0.5) is 4.79 Å². The second kappa shape index (κ2) is 8.49. The summed E-state index contributed by atoms with van der Waals surface area (Å²) in [6.45, 7) is 9.54. The van der Waals surface area contributed by atoms with Gasteiger partial charge in [-0.3, -0.25) is 4.40 Å². The van der Waals surface area contributed by atoms with Gasteiger partial charge >= 0.3 is 6.09 Å². The highest BCUT2D eigenvalue weighted by atomic mass is 16.6. The average Bonchev–Trinajstić information content (AvgIpc) is 3.16. The normalized spacial score (nSPS) is 14.4. The lowest BCUT2D eigenvalue weighted by molar-refractivity contribution is 0.132. The van der Waals surface area contributed by atoms with Crippen LogP contribution >= 0.6 is 0 Å². The van der Waals surface area contributed by atoms with Gasteiger partial charge in [0.05, 0.1) is 22.7 Å². The van der Waals surface area contributed by atoms with Crippen molar-refractivity contribution in [2.45, 2.75) is 45.6 Å². The molecule has 34 heavy (non-hydrogen) atoms. The van der Waals surface area contributed by atoms with Gasteiger partial charge in [0.2, 0.25) is 0 Å². The number of fused-ring (bicyclic) bond motifs is 1. The van der Waals surface area contributed by atoms with Gasteiger partial charge in [0, 0.05) is 17.3 Å². The van der Waals surface area contributed by atoms with Gasteiger partial charge in [-0.1, -0.05) is 67.2 Å². The molecule has 0 bridgehead atoms. The van der Waals surface area contributed by atoms with E-state index >= 15 is 0 Å². The first-order valence-corrected chi connectivity index (χ1v) is 11.7. The number of nitrogens with one attached hydrogen (secondary N) is 1. The minimum Gasteiger partial charge on any atom is -0.416 e. The number of amides is 1. The second-order valence-electron chi connectivity index (χ2n) is 9.30. The maximum Gasteiger partial charge on any atom is 0.412 e. The van der Waals surface area contributed by atoms with Gasteiger partial charge in [0.1, 0.15) is 5.65 Å². The fourth-order valence-electron chi connectivity index (χ4n) is 4.90. The molecule has 1 saturated carbocycles. The number of hydrogen-bond acceptors (Lipinski definition) is 3. The minimum absolute atomic E-state index is 0.383. The number of pyridine rings is 1. The molecule has 2 aromatic heterocycles. The molecule has 2 heterocycles. The number of imidazole rings is 1. The van der Waals surface area contributed by atoms with E-state index in [1.165, 1.54) is 5.56 Å². The summed E-state index contributed by atoms with van der Waals surface area (Å²) in [7, 11) is 0. The quantitative estimate of drug-likeness (QED) is 0.335. The minimum atomic E-state index is -0.450. The Bertz CT molecular complexity index is 1380. The van der Waals surface area contributed by atoms with Gasteiger partial charge in [-0.05, 0) is 56.7 Å². The molecule has 1 amide bonds. The van der Waals surface area contributed by atoms with Crippen LogP contribution in [0.5, 0.6) is 0 Å². The van der Waals surface area contributed by atoms with Crippen molar-refractivity contribution in [3.05, 3.63) is 95.9 Å². The summed E-state index contributed by atoms with van der Waals surface area (Å²) in [6.07, 6.45) is 4.54. The van der Waals surface area contributed by atoms with Gasteiger partial charge in [0.15, 0.2) is 0 Å². The molecule has 172 valence electrons. The zero-order valence-electron chi connectivity index (χ0n) is 19.9. The number of allylic oxidation sites excluding steroid dienone is 1. The Morgan fingerprint density at radius 2 is 1.76 bits per heavy atom. The highest BCUT2D eigenvalue weighted by Crippen LogP contribution is 2.42. The summed E-state index contributed by atoms with van der Waals surface area (Å²) >= 11 is 0. The summed E-state index contributed by atoms with van der Waals surface area (Å²) in [4.78, 5) is 17.3. The largest absolute Gasteiger partial charge is 0.416 e. The maximum atomic E-state index is 12.3. The topological polar surface area (TPSA) is 55.6 Å². The van der Waals surface area contributed by atoms with Crippen LogP contribution in [0.3, 0.4) is 0 Å². The molecule has 0 atom stereocenters. The van der Waals surface area contributed by atoms with Crippen LogP contribution in [0, 0.1) is 13.8 Å². The first-order chi connectivity index (χ1) is 16.4. The summed E-state index contributed by atoms with van der Waals surface area (Å²) in [5.41, 5.74) is 8.19. The van der Waals surface area contributed by atoms with Gasteiger partial charge < -0.3 is 10.1 Å². The van der Waals surface area contributed by atoms with Crippen molar-refractivity contribution in [1.82, 2.24) is 14.7 Å². The monoisotopic (exact) mass is 451 g/mol. The van der Waals surface area contributed by atoms with Crippen LogP contribution in [0.15, 0.2) is 79.2 Å². The highest BCUT2D eigenvalue weighted by Gasteiger charge is 2.40. The Balaban J connectivity index is 1.57. The summed E-state index contributed by atoms with van der Waals surface area (Å²) in [6, 6.07) is 21.0. The molecular weight excluding hydrogens is 422 g/mol. The lowest BCUT2D eigenvalue weighted by Crippen LogP contribution is -2.50. The Morgan fingerprint density at radius 1 is 1.06 bits per heavy atom. The number of alkyl carbamates (subject to hydrolysis) is 1. The van der Waals surface area contributed by atoms with Crippen molar-refractivity contribution in [2.24, 2.45) is 0 Å². The van der Waals surface area contributed by atoms with E-state index in [4.69, 9.17) is 9.72 Å². The van der Waals surface area contributed by atoms with Gasteiger partial charge in [-0.25, -0.2) is 9.78 Å². The van der Waals surface area contributed by atoms with Crippen molar-refractivity contribution in [3.63, 3.8) is 0 Å². The maximum absolute atomic E-state index is 12.3. The summed E-state index contributed by atoms with van der Waals surface area (Å²) in [5, 5.41) is 3.07. The van der Waals surface area contributed by atoms with E-state index in [0.29, 0.717) is 5.76 Å². The zero-order chi connectivity index (χ0) is 23.9. The first kappa shape index (κ1) is 22.0. The summed E-state index contributed by atoms with van der Waals surface area (Å²) < 4.78 is 7.36. The van der Waals surface area contributed by atoms with E-state index < -0.39 is 6.09 Å². The number of aryl methyl sites for hydroxylation is 2. The molecule has 1 aliphatic rings. The molecule has 1 aliphatic carbocycles. The van der Waals surface area contributed by atoms with Crippen molar-refractivity contribution < 1.29 is 9.53 Å². The molecule has 0 spiro atoms. The number of ether oxygens (including phenoxy) is 1. The Morgan fingerprint density at radius 3 is 2.38 bits per heavy atom. The standard InChI is InChI=1S/C29H29N3O2/c1-19(2)34-28(33)31-29(15-8-16-29)24-13-11-22(12-14-24)25-26(23-9-6-5-7-10-23)32-18-20(3)17-21(4)27(32)30-25/h5-7,9-14,17-18H,1,8,15-16H2,2-4H3,(H,31,33). The van der Waals surface area contributed by atoms with Crippen molar-refractivity contribution in [3.8, 4) is 22.5 Å². The Kier molecular flexibility index (Phi) is 5.48. The predicted molar refractivity (Wildman–Crippen MR) is 135 cm³/mol. The molecule has 5 heteroatoms. The van der Waals surface area contributed by atoms with Crippen molar-refractivity contribution in [2.75, 3.05) is 0 Å². The molecule has 2 aromatic carbocycles. The second-order valence-corrected chi connectivity index (χ2v) is 9.30. The lowest BCUT2D eigenvalue weighted by atomic mass is 9.71. The smallest absolute Gasteiger partial charge is 0.412 e. The fourth-order valence-corrected chi connectivity index (χ4v) is 4.90. The Labute approximate surface area is 200 Å². The van der Waals surface area contributed by atoms with Crippen LogP contribution in [0.2, 0.25) is 0 Å². The zero-order valence-corrected chi connectivity index (χ0v) is 19.9. The van der Waals surface area contributed by atoms with E-state index in [-0.39, 0.29) is 5.54 Å². The Hall–Kier alpha value is -3.86. The number of aromatic nitrogens is 2. The van der Waals surface area contributed by atoms with Crippen LogP contribution in [-0.2, 0) is 10.3 Å². The molecule has 0 saturated heterocycles. The van der Waals surface area contributed by atoms with Crippen molar-refractivity contribution >= 4 is 11.7 Å². The number of hydrogen-bond donors (Lipinski definition) is 1. The molecule has 1 fully saturated rings. The molecule has 1 N–H and O–H groups in total. The van der Waals surface area contributed by atoms with Crippen LogP contribution in [0.25, 0.3) is 28.2 Å². The molecule has 5 nitrogen and oxygen atoms in total. The predicted octanol–water partition coefficient (Wildman–Crippen LogP) is 6.92. The van der Waals surface area contributed by atoms with Gasteiger partial charge in [-0.15, -0.1) is 0 Å². The van der Waals surface area contributed by atoms with Gasteiger partial charge in [-0.2, -0.15) is 0 Å². The summed E-state index contributed by atoms with van der Waals surface area (Å²) in [5.74, 6) is 0.383. The van der Waals surface area contributed by atoms with Crippen LogP contribution < -0.4 is 5.32 Å². The average molecular weight is 452 g/mol. The van der Waals surface area contributed by atoms with E-state index in [9.17, 15) is 4.79 Å². The van der Waals surface area contributed by atoms with E-state index in [0.717, 1.165) is 58.6 Å². The van der Waals surface area contributed by atoms with Gasteiger partial charge in [0.25, 0.3) is 0 Å². The number of nitrogens with zero attached hydrogens (tertiary/aromatic N) is 2. The van der Waals surface area contributed by atoms with E-state index in [1.54, 1.807) is 6.92 Å². The van der Waals surface area contributed by atoms with Crippen LogP contribution in [-0.4, -0.2) is 15.5 Å². The molecule has 4 aromatic rings. The number of benzene rings is 2.